The number of thioether (sulfide) groups is 1. The van der Waals surface area contributed by atoms with Gasteiger partial charge in [0.15, 0.2) is 0 Å². The average molecular weight is 466 g/mol. The maximum absolute atomic E-state index is 12.4. The van der Waals surface area contributed by atoms with Crippen LogP contribution in [0.25, 0.3) is 10.9 Å². The first-order chi connectivity index (χ1) is 15.6. The molecule has 0 saturated heterocycles. The molecule has 2 aromatic carbocycles. The molecular formula is C24H23N3O3S2. The molecule has 164 valence electrons. The molecule has 0 bridgehead atoms. The Morgan fingerprint density at radius 3 is 2.62 bits per heavy atom. The molecule has 0 unspecified atom stereocenters. The van der Waals surface area contributed by atoms with Gasteiger partial charge in [-0.3, -0.25) is 9.59 Å². The van der Waals surface area contributed by atoms with Crippen LogP contribution in [0, 0.1) is 0 Å². The second kappa shape index (κ2) is 10.4. The Balaban J connectivity index is 1.37. The fourth-order valence-corrected chi connectivity index (χ4v) is 4.84. The molecule has 0 fully saturated rings. The molecule has 6 nitrogen and oxygen atoms in total. The third-order valence-corrected chi connectivity index (χ3v) is 6.78. The third-order valence-electron chi connectivity index (χ3n) is 4.87. The number of fused-ring (bicyclic) bond motifs is 1. The van der Waals surface area contributed by atoms with E-state index in [1.54, 1.807) is 7.11 Å². The number of hydrogen-bond donors (Lipinski definition) is 2. The van der Waals surface area contributed by atoms with Gasteiger partial charge in [-0.1, -0.05) is 24.3 Å². The van der Waals surface area contributed by atoms with Crippen LogP contribution in [-0.4, -0.2) is 35.8 Å². The van der Waals surface area contributed by atoms with Crippen molar-refractivity contribution in [3.8, 4) is 5.75 Å². The van der Waals surface area contributed by atoms with Gasteiger partial charge in [-0.05, 0) is 41.8 Å². The molecule has 0 saturated carbocycles. The Labute approximate surface area is 194 Å². The van der Waals surface area contributed by atoms with Gasteiger partial charge >= 0.3 is 0 Å². The normalized spacial score (nSPS) is 10.8. The average Bonchev–Trinajstić information content (AvgIpc) is 3.47. The van der Waals surface area contributed by atoms with E-state index in [-0.39, 0.29) is 11.8 Å². The monoisotopic (exact) mass is 465 g/mol. The maximum Gasteiger partial charge on any atom is 0.261 e. The Bertz CT molecular complexity index is 1200. The molecule has 2 amide bonds. The molecule has 0 atom stereocenters. The zero-order chi connectivity index (χ0) is 22.3. The molecule has 0 aliphatic rings. The van der Waals surface area contributed by atoms with E-state index in [2.05, 4.69) is 27.3 Å². The first-order valence-corrected chi connectivity index (χ1v) is 12.0. The fraction of sp³-hybridized carbons (Fsp3) is 0.167. The van der Waals surface area contributed by atoms with E-state index in [4.69, 9.17) is 4.74 Å². The molecule has 0 aliphatic heterocycles. The number of carbonyl (C=O) groups is 2. The Kier molecular flexibility index (Phi) is 7.14. The lowest BCUT2D eigenvalue weighted by atomic mass is 10.2. The van der Waals surface area contributed by atoms with Crippen molar-refractivity contribution in [2.45, 2.75) is 11.4 Å². The molecule has 2 aromatic heterocycles. The van der Waals surface area contributed by atoms with Crippen LogP contribution < -0.4 is 15.4 Å². The quantitative estimate of drug-likeness (QED) is 0.346. The van der Waals surface area contributed by atoms with Crippen molar-refractivity contribution in [1.29, 1.82) is 0 Å². The number of rotatable bonds is 9. The molecule has 0 radical (unpaired) electrons. The highest BCUT2D eigenvalue weighted by atomic mass is 32.2. The molecule has 2 N–H and O–H groups in total. The van der Waals surface area contributed by atoms with E-state index in [9.17, 15) is 9.59 Å². The standard InChI is InChI=1S/C24H23N3O3S2/c1-30-18-10-8-17(9-11-18)26-23(28)16-32-22-15-27(20-6-3-2-5-19(20)22)13-12-25-24(29)21-7-4-14-31-21/h2-11,14-15H,12-13,16H2,1H3,(H,25,29)(H,26,28). The van der Waals surface area contributed by atoms with Crippen molar-refractivity contribution in [3.63, 3.8) is 0 Å². The predicted octanol–water partition coefficient (Wildman–Crippen LogP) is 4.87. The molecule has 32 heavy (non-hydrogen) atoms. The minimum Gasteiger partial charge on any atom is -0.497 e. The van der Waals surface area contributed by atoms with E-state index in [1.165, 1.54) is 23.1 Å². The molecule has 4 aromatic rings. The van der Waals surface area contributed by atoms with E-state index < -0.39 is 0 Å². The summed E-state index contributed by atoms with van der Waals surface area (Å²) in [6, 6.07) is 19.0. The van der Waals surface area contributed by atoms with E-state index in [0.29, 0.717) is 23.7 Å². The minimum atomic E-state index is -0.0693. The lowest BCUT2D eigenvalue weighted by Crippen LogP contribution is -2.26. The van der Waals surface area contributed by atoms with Crippen LogP contribution in [0.5, 0.6) is 5.75 Å². The van der Waals surface area contributed by atoms with Crippen molar-refractivity contribution in [3.05, 3.63) is 77.1 Å². The number of carbonyl (C=O) groups excluding carboxylic acids is 2. The number of amides is 2. The summed E-state index contributed by atoms with van der Waals surface area (Å²) in [6.45, 7) is 1.17. The number of aromatic nitrogens is 1. The van der Waals surface area contributed by atoms with Crippen molar-refractivity contribution in [1.82, 2.24) is 9.88 Å². The third kappa shape index (κ3) is 5.33. The first-order valence-electron chi connectivity index (χ1n) is 10.1. The van der Waals surface area contributed by atoms with Gasteiger partial charge in [0.05, 0.1) is 17.7 Å². The Hall–Kier alpha value is -3.23. The van der Waals surface area contributed by atoms with Crippen LogP contribution in [0.1, 0.15) is 9.67 Å². The summed E-state index contributed by atoms with van der Waals surface area (Å²) in [5, 5.41) is 8.86. The summed E-state index contributed by atoms with van der Waals surface area (Å²) in [5.74, 6) is 0.924. The van der Waals surface area contributed by atoms with Gasteiger partial charge in [0, 0.05) is 40.8 Å². The van der Waals surface area contributed by atoms with Gasteiger partial charge in [-0.2, -0.15) is 0 Å². The summed E-state index contributed by atoms with van der Waals surface area (Å²) in [5.41, 5.74) is 1.82. The van der Waals surface area contributed by atoms with E-state index in [1.807, 2.05) is 60.1 Å². The Morgan fingerprint density at radius 2 is 1.88 bits per heavy atom. The topological polar surface area (TPSA) is 72.4 Å². The number of nitrogens with one attached hydrogen (secondary N) is 2. The van der Waals surface area contributed by atoms with Crippen molar-refractivity contribution in [2.24, 2.45) is 0 Å². The fourth-order valence-electron chi connectivity index (χ4n) is 3.31. The summed E-state index contributed by atoms with van der Waals surface area (Å²) in [4.78, 5) is 26.3. The summed E-state index contributed by atoms with van der Waals surface area (Å²) >= 11 is 2.93. The number of anilines is 1. The molecule has 4 rings (SSSR count). The highest BCUT2D eigenvalue weighted by Crippen LogP contribution is 2.30. The summed E-state index contributed by atoms with van der Waals surface area (Å²) in [7, 11) is 1.61. The maximum atomic E-state index is 12.4. The van der Waals surface area contributed by atoms with Gasteiger partial charge in [0.1, 0.15) is 5.75 Å². The first kappa shape index (κ1) is 22.0. The number of nitrogens with zero attached hydrogens (tertiary/aromatic N) is 1. The molecule has 8 heteroatoms. The van der Waals surface area contributed by atoms with Crippen LogP contribution >= 0.6 is 23.1 Å². The highest BCUT2D eigenvalue weighted by Gasteiger charge is 2.12. The minimum absolute atomic E-state index is 0.0544. The second-order valence-corrected chi connectivity index (χ2v) is 8.97. The lowest BCUT2D eigenvalue weighted by molar-refractivity contribution is -0.113. The van der Waals surface area contributed by atoms with Gasteiger partial charge in [0.25, 0.3) is 5.91 Å². The van der Waals surface area contributed by atoms with Crippen molar-refractivity contribution >= 4 is 51.5 Å². The van der Waals surface area contributed by atoms with Crippen LogP contribution in [0.15, 0.2) is 77.1 Å². The van der Waals surface area contributed by atoms with Gasteiger partial charge < -0.3 is 19.9 Å². The number of benzene rings is 2. The lowest BCUT2D eigenvalue weighted by Gasteiger charge is -2.06. The van der Waals surface area contributed by atoms with E-state index >= 15 is 0 Å². The van der Waals surface area contributed by atoms with Crippen molar-refractivity contribution < 1.29 is 14.3 Å². The molecular weight excluding hydrogens is 442 g/mol. The van der Waals surface area contributed by atoms with Crippen LogP contribution in [-0.2, 0) is 11.3 Å². The van der Waals surface area contributed by atoms with Gasteiger partial charge in [-0.25, -0.2) is 0 Å². The number of para-hydroxylation sites is 1. The number of hydrogen-bond acceptors (Lipinski definition) is 5. The number of thiophene rings is 1. The molecule has 0 spiro atoms. The molecule has 0 aliphatic carbocycles. The Morgan fingerprint density at radius 1 is 1.06 bits per heavy atom. The van der Waals surface area contributed by atoms with E-state index in [0.717, 1.165) is 27.2 Å². The highest BCUT2D eigenvalue weighted by molar-refractivity contribution is 8.00. The second-order valence-electron chi connectivity index (χ2n) is 7.00. The predicted molar refractivity (Wildman–Crippen MR) is 131 cm³/mol. The SMILES string of the molecule is COc1ccc(NC(=O)CSc2cn(CCNC(=O)c3cccs3)c3ccccc23)cc1. The smallest absolute Gasteiger partial charge is 0.261 e. The number of methoxy groups -OCH3 is 1. The zero-order valence-corrected chi connectivity index (χ0v) is 19.2. The number of ether oxygens (including phenoxy) is 1. The summed E-state index contributed by atoms with van der Waals surface area (Å²) in [6.07, 6.45) is 2.05. The van der Waals surface area contributed by atoms with Gasteiger partial charge in [0.2, 0.25) is 5.91 Å². The zero-order valence-electron chi connectivity index (χ0n) is 17.5. The van der Waals surface area contributed by atoms with Crippen LogP contribution in [0.3, 0.4) is 0 Å². The molecule has 2 heterocycles. The van der Waals surface area contributed by atoms with Crippen LogP contribution in [0.4, 0.5) is 5.69 Å². The van der Waals surface area contributed by atoms with Crippen LogP contribution in [0.2, 0.25) is 0 Å². The van der Waals surface area contributed by atoms with Gasteiger partial charge in [-0.15, -0.1) is 23.1 Å². The largest absolute Gasteiger partial charge is 0.497 e. The summed E-state index contributed by atoms with van der Waals surface area (Å²) < 4.78 is 7.26. The van der Waals surface area contributed by atoms with Crippen molar-refractivity contribution in [2.75, 3.05) is 24.7 Å².